The SMILES string of the molecule is Cc1ccnc(Cl)c1Cl.Clc1cccnc1Cl. The summed E-state index contributed by atoms with van der Waals surface area (Å²) in [6.07, 6.45) is 3.22. The summed E-state index contributed by atoms with van der Waals surface area (Å²) in [6.45, 7) is 1.88. The summed E-state index contributed by atoms with van der Waals surface area (Å²) in [5, 5.41) is 1.76. The highest BCUT2D eigenvalue weighted by atomic mass is 35.5. The molecule has 0 aliphatic carbocycles. The van der Waals surface area contributed by atoms with Gasteiger partial charge in [0.2, 0.25) is 0 Å². The highest BCUT2D eigenvalue weighted by Crippen LogP contribution is 2.21. The Balaban J connectivity index is 0.000000171. The summed E-state index contributed by atoms with van der Waals surface area (Å²) in [7, 11) is 0. The van der Waals surface area contributed by atoms with Crippen molar-refractivity contribution in [3.05, 3.63) is 56.5 Å². The van der Waals surface area contributed by atoms with E-state index >= 15 is 0 Å². The molecule has 2 nitrogen and oxygen atoms in total. The molecule has 0 unspecified atom stereocenters. The molecule has 0 aliphatic rings. The van der Waals surface area contributed by atoms with Crippen LogP contribution in [0, 0.1) is 6.92 Å². The minimum absolute atomic E-state index is 0.356. The van der Waals surface area contributed by atoms with Crippen molar-refractivity contribution >= 4 is 46.4 Å². The zero-order valence-electron chi connectivity index (χ0n) is 8.79. The van der Waals surface area contributed by atoms with E-state index in [9.17, 15) is 0 Å². The zero-order valence-corrected chi connectivity index (χ0v) is 11.8. The van der Waals surface area contributed by atoms with Gasteiger partial charge < -0.3 is 0 Å². The van der Waals surface area contributed by atoms with Crippen molar-refractivity contribution in [3.8, 4) is 0 Å². The van der Waals surface area contributed by atoms with Gasteiger partial charge in [0.15, 0.2) is 0 Å². The minimum Gasteiger partial charge on any atom is -0.243 e. The summed E-state index contributed by atoms with van der Waals surface area (Å²) >= 11 is 22.2. The molecule has 0 radical (unpaired) electrons. The topological polar surface area (TPSA) is 25.8 Å². The van der Waals surface area contributed by atoms with E-state index in [1.54, 1.807) is 24.5 Å². The van der Waals surface area contributed by atoms with Crippen molar-refractivity contribution < 1.29 is 0 Å². The van der Waals surface area contributed by atoms with Crippen LogP contribution in [0.5, 0.6) is 0 Å². The minimum atomic E-state index is 0.356. The molecule has 2 heterocycles. The smallest absolute Gasteiger partial charge is 0.147 e. The van der Waals surface area contributed by atoms with Gasteiger partial charge in [-0.15, -0.1) is 0 Å². The van der Waals surface area contributed by atoms with Crippen molar-refractivity contribution in [1.29, 1.82) is 0 Å². The average molecular weight is 310 g/mol. The summed E-state index contributed by atoms with van der Waals surface area (Å²) < 4.78 is 0. The van der Waals surface area contributed by atoms with Gasteiger partial charge in [0.05, 0.1) is 10.0 Å². The van der Waals surface area contributed by atoms with E-state index in [0.717, 1.165) is 5.56 Å². The standard InChI is InChI=1S/C6H5Cl2N.C5H3Cl2N/c1-4-2-3-9-6(8)5(4)7;6-4-2-1-3-8-5(4)7/h2-3H,1H3;1-3H. The first-order valence-corrected chi connectivity index (χ1v) is 6.06. The molecule has 0 fully saturated rings. The second-order valence-corrected chi connectivity index (χ2v) is 4.51. The molecule has 0 saturated carbocycles. The van der Waals surface area contributed by atoms with Crippen LogP contribution in [-0.4, -0.2) is 9.97 Å². The summed E-state index contributed by atoms with van der Waals surface area (Å²) in [6, 6.07) is 5.24. The lowest BCUT2D eigenvalue weighted by Crippen LogP contribution is -1.78. The Labute approximate surface area is 120 Å². The van der Waals surface area contributed by atoms with E-state index < -0.39 is 0 Å². The van der Waals surface area contributed by atoms with Gasteiger partial charge in [0, 0.05) is 12.4 Å². The van der Waals surface area contributed by atoms with Crippen molar-refractivity contribution in [3.63, 3.8) is 0 Å². The number of halogens is 4. The lowest BCUT2D eigenvalue weighted by Gasteiger charge is -1.95. The summed E-state index contributed by atoms with van der Waals surface area (Å²) in [5.41, 5.74) is 0.955. The highest BCUT2D eigenvalue weighted by Gasteiger charge is 1.98. The van der Waals surface area contributed by atoms with Gasteiger partial charge in [-0.3, -0.25) is 0 Å². The average Bonchev–Trinajstić information content (AvgIpc) is 2.31. The van der Waals surface area contributed by atoms with Crippen LogP contribution in [-0.2, 0) is 0 Å². The van der Waals surface area contributed by atoms with E-state index in [1.165, 1.54) is 0 Å². The number of aromatic nitrogens is 2. The molecule has 0 spiro atoms. The van der Waals surface area contributed by atoms with Gasteiger partial charge in [0.25, 0.3) is 0 Å². The number of pyridine rings is 2. The van der Waals surface area contributed by atoms with Crippen LogP contribution in [0.1, 0.15) is 5.56 Å². The van der Waals surface area contributed by atoms with E-state index in [-0.39, 0.29) is 0 Å². The maximum atomic E-state index is 5.68. The van der Waals surface area contributed by atoms with E-state index in [2.05, 4.69) is 9.97 Å². The first-order chi connectivity index (χ1) is 8.02. The Bertz CT molecular complexity index is 461. The van der Waals surface area contributed by atoms with Crippen LogP contribution < -0.4 is 0 Å². The van der Waals surface area contributed by atoms with Crippen LogP contribution in [0.3, 0.4) is 0 Å². The Morgan fingerprint density at radius 1 is 0.882 bits per heavy atom. The molecule has 0 atom stereocenters. The molecule has 17 heavy (non-hydrogen) atoms. The third-order valence-electron chi connectivity index (χ3n) is 1.75. The number of hydrogen-bond acceptors (Lipinski definition) is 2. The maximum Gasteiger partial charge on any atom is 0.147 e. The zero-order chi connectivity index (χ0) is 12.8. The van der Waals surface area contributed by atoms with Gasteiger partial charge in [-0.05, 0) is 30.7 Å². The van der Waals surface area contributed by atoms with Gasteiger partial charge in [-0.1, -0.05) is 46.4 Å². The molecule has 0 amide bonds. The molecule has 0 aliphatic heterocycles. The molecule has 0 bridgehead atoms. The number of hydrogen-bond donors (Lipinski definition) is 0. The van der Waals surface area contributed by atoms with Crippen LogP contribution in [0.15, 0.2) is 30.6 Å². The van der Waals surface area contributed by atoms with E-state index in [4.69, 9.17) is 46.4 Å². The van der Waals surface area contributed by atoms with Crippen molar-refractivity contribution in [2.45, 2.75) is 6.92 Å². The molecule has 2 aromatic heterocycles. The molecule has 0 aromatic carbocycles. The summed E-state index contributed by atoms with van der Waals surface area (Å²) in [5.74, 6) is 0. The van der Waals surface area contributed by atoms with E-state index in [1.807, 2.05) is 13.0 Å². The molecule has 6 heteroatoms. The third-order valence-corrected chi connectivity index (χ3v) is 3.32. The fraction of sp³-hybridized carbons (Fsp3) is 0.0909. The Kier molecular flexibility index (Phi) is 6.00. The van der Waals surface area contributed by atoms with Crippen molar-refractivity contribution in [2.24, 2.45) is 0 Å². The van der Waals surface area contributed by atoms with Gasteiger partial charge in [-0.25, -0.2) is 9.97 Å². The Hall–Kier alpha value is -0.540. The second kappa shape index (κ2) is 7.02. The fourth-order valence-corrected chi connectivity index (χ4v) is 1.43. The molecule has 2 rings (SSSR count). The van der Waals surface area contributed by atoms with Crippen LogP contribution in [0.2, 0.25) is 20.4 Å². The predicted octanol–water partition coefficient (Wildman–Crippen LogP) is 5.09. The number of nitrogens with zero attached hydrogens (tertiary/aromatic N) is 2. The Morgan fingerprint density at radius 3 is 1.94 bits per heavy atom. The van der Waals surface area contributed by atoms with Crippen molar-refractivity contribution in [1.82, 2.24) is 9.97 Å². The normalized spacial score (nSPS) is 9.47. The quantitative estimate of drug-likeness (QED) is 0.634. The summed E-state index contributed by atoms with van der Waals surface area (Å²) in [4.78, 5) is 7.49. The van der Waals surface area contributed by atoms with Crippen LogP contribution in [0.4, 0.5) is 0 Å². The maximum absolute atomic E-state index is 5.68. The van der Waals surface area contributed by atoms with Gasteiger partial charge >= 0.3 is 0 Å². The van der Waals surface area contributed by atoms with E-state index in [0.29, 0.717) is 20.4 Å². The highest BCUT2D eigenvalue weighted by molar-refractivity contribution is 6.41. The number of rotatable bonds is 0. The van der Waals surface area contributed by atoms with Crippen LogP contribution in [0.25, 0.3) is 0 Å². The largest absolute Gasteiger partial charge is 0.243 e. The monoisotopic (exact) mass is 308 g/mol. The second-order valence-electron chi connectivity index (χ2n) is 3.01. The third kappa shape index (κ3) is 4.68. The molecule has 0 saturated heterocycles. The molecule has 0 N–H and O–H groups in total. The van der Waals surface area contributed by atoms with Crippen molar-refractivity contribution in [2.75, 3.05) is 0 Å². The van der Waals surface area contributed by atoms with Gasteiger partial charge in [0.1, 0.15) is 10.3 Å². The fourth-order valence-electron chi connectivity index (χ4n) is 0.873. The Morgan fingerprint density at radius 2 is 1.53 bits per heavy atom. The number of aryl methyl sites for hydroxylation is 1. The first-order valence-electron chi connectivity index (χ1n) is 4.55. The lowest BCUT2D eigenvalue weighted by molar-refractivity contribution is 1.29. The van der Waals surface area contributed by atoms with Crippen LogP contribution >= 0.6 is 46.4 Å². The molecule has 2 aromatic rings. The molecule has 90 valence electrons. The lowest BCUT2D eigenvalue weighted by atomic mass is 10.3. The molecular weight excluding hydrogens is 302 g/mol. The van der Waals surface area contributed by atoms with Gasteiger partial charge in [-0.2, -0.15) is 0 Å². The molecular formula is C11H8Cl4N2. The first kappa shape index (κ1) is 14.5. The predicted molar refractivity (Wildman–Crippen MR) is 73.3 cm³/mol.